The lowest BCUT2D eigenvalue weighted by molar-refractivity contribution is -0.113. The minimum atomic E-state index is -3.73. The number of nitrogens with zero attached hydrogens (tertiary/aromatic N) is 1. The van der Waals surface area contributed by atoms with E-state index in [1.165, 1.54) is 35.2 Å². The molecule has 29 heavy (non-hydrogen) atoms. The highest BCUT2D eigenvalue weighted by molar-refractivity contribution is 7.99. The lowest BCUT2D eigenvalue weighted by Gasteiger charge is -2.19. The van der Waals surface area contributed by atoms with Crippen molar-refractivity contribution in [2.24, 2.45) is 0 Å². The molecule has 7 heteroatoms. The van der Waals surface area contributed by atoms with Crippen LogP contribution in [0.5, 0.6) is 0 Å². The summed E-state index contributed by atoms with van der Waals surface area (Å²) in [6, 6.07) is 25.1. The number of nitrogens with one attached hydrogen (secondary N) is 1. The van der Waals surface area contributed by atoms with E-state index >= 15 is 0 Å². The first-order valence-electron chi connectivity index (χ1n) is 9.02. The van der Waals surface area contributed by atoms with E-state index in [0.29, 0.717) is 11.4 Å². The van der Waals surface area contributed by atoms with Gasteiger partial charge in [0, 0.05) is 18.5 Å². The first-order chi connectivity index (χ1) is 14.0. The molecule has 0 aliphatic rings. The summed E-state index contributed by atoms with van der Waals surface area (Å²) in [5.74, 6) is 0.859. The first-order valence-corrected chi connectivity index (χ1v) is 11.6. The Labute approximate surface area is 175 Å². The molecule has 0 spiro atoms. The number of carbonyl (C=O) groups is 1. The standard InChI is InChI=1S/C22H22N2O3S2/c1-24(20-12-6-3-7-13-20)29(26,27)21-14-8-11-19(15-21)23-22(25)17-28-16-18-9-4-2-5-10-18/h2-15H,16-17H2,1H3,(H,23,25). The van der Waals surface area contributed by atoms with Gasteiger partial charge in [-0.25, -0.2) is 8.42 Å². The van der Waals surface area contributed by atoms with Crippen LogP contribution in [0.25, 0.3) is 0 Å². The Morgan fingerprint density at radius 1 is 0.931 bits per heavy atom. The number of para-hydroxylation sites is 1. The number of anilines is 2. The van der Waals surface area contributed by atoms with Gasteiger partial charge in [-0.15, -0.1) is 11.8 Å². The van der Waals surface area contributed by atoms with Gasteiger partial charge in [0.15, 0.2) is 0 Å². The SMILES string of the molecule is CN(c1ccccc1)S(=O)(=O)c1cccc(NC(=O)CSCc2ccccc2)c1. The van der Waals surface area contributed by atoms with Gasteiger partial charge in [0.05, 0.1) is 16.3 Å². The lowest BCUT2D eigenvalue weighted by Crippen LogP contribution is -2.26. The average Bonchev–Trinajstić information content (AvgIpc) is 2.75. The number of carbonyl (C=O) groups excluding carboxylic acids is 1. The Balaban J connectivity index is 1.63. The minimum absolute atomic E-state index is 0.124. The smallest absolute Gasteiger partial charge is 0.264 e. The molecule has 0 saturated heterocycles. The maximum Gasteiger partial charge on any atom is 0.264 e. The first kappa shape index (κ1) is 21.0. The van der Waals surface area contributed by atoms with E-state index in [9.17, 15) is 13.2 Å². The maximum absolute atomic E-state index is 12.9. The van der Waals surface area contributed by atoms with Crippen molar-refractivity contribution in [2.45, 2.75) is 10.6 Å². The molecule has 0 atom stereocenters. The minimum Gasteiger partial charge on any atom is -0.325 e. The van der Waals surface area contributed by atoms with Crippen LogP contribution in [0, 0.1) is 0 Å². The second-order valence-corrected chi connectivity index (χ2v) is 9.32. The number of rotatable bonds is 8. The van der Waals surface area contributed by atoms with Crippen molar-refractivity contribution in [2.75, 3.05) is 22.4 Å². The molecular formula is C22H22N2O3S2. The van der Waals surface area contributed by atoms with Gasteiger partial charge < -0.3 is 5.32 Å². The van der Waals surface area contributed by atoms with Gasteiger partial charge in [-0.2, -0.15) is 0 Å². The van der Waals surface area contributed by atoms with Crippen molar-refractivity contribution >= 4 is 39.1 Å². The van der Waals surface area contributed by atoms with Gasteiger partial charge in [-0.1, -0.05) is 54.6 Å². The predicted octanol–water partition coefficient (Wildman–Crippen LogP) is 4.38. The van der Waals surface area contributed by atoms with Crippen LogP contribution in [-0.2, 0) is 20.6 Å². The fraction of sp³-hybridized carbons (Fsp3) is 0.136. The van der Waals surface area contributed by atoms with Crippen molar-refractivity contribution in [1.82, 2.24) is 0 Å². The summed E-state index contributed by atoms with van der Waals surface area (Å²) in [6.45, 7) is 0. The van der Waals surface area contributed by atoms with E-state index in [4.69, 9.17) is 0 Å². The molecule has 0 aromatic heterocycles. The summed E-state index contributed by atoms with van der Waals surface area (Å²) in [5.41, 5.74) is 2.18. The van der Waals surface area contributed by atoms with E-state index in [2.05, 4.69) is 5.32 Å². The van der Waals surface area contributed by atoms with Crippen molar-refractivity contribution < 1.29 is 13.2 Å². The number of thioether (sulfide) groups is 1. The Kier molecular flexibility index (Phi) is 6.95. The average molecular weight is 427 g/mol. The number of benzene rings is 3. The Morgan fingerprint density at radius 2 is 1.59 bits per heavy atom. The molecule has 0 heterocycles. The fourth-order valence-corrected chi connectivity index (χ4v) is 4.73. The molecule has 0 radical (unpaired) electrons. The highest BCUT2D eigenvalue weighted by atomic mass is 32.2. The quantitative estimate of drug-likeness (QED) is 0.580. The van der Waals surface area contributed by atoms with E-state index < -0.39 is 10.0 Å². The lowest BCUT2D eigenvalue weighted by atomic mass is 10.2. The summed E-state index contributed by atoms with van der Waals surface area (Å²) < 4.78 is 27.0. The molecule has 0 bridgehead atoms. The van der Waals surface area contributed by atoms with E-state index in [1.54, 1.807) is 36.4 Å². The monoisotopic (exact) mass is 426 g/mol. The molecule has 5 nitrogen and oxygen atoms in total. The van der Waals surface area contributed by atoms with Gasteiger partial charge in [-0.05, 0) is 35.9 Å². The largest absolute Gasteiger partial charge is 0.325 e. The molecule has 150 valence electrons. The van der Waals surface area contributed by atoms with Gasteiger partial charge in [0.2, 0.25) is 5.91 Å². The topological polar surface area (TPSA) is 66.5 Å². The van der Waals surface area contributed by atoms with Crippen molar-refractivity contribution in [1.29, 1.82) is 0 Å². The number of hydrogen-bond acceptors (Lipinski definition) is 4. The van der Waals surface area contributed by atoms with Crippen LogP contribution in [0.2, 0.25) is 0 Å². The summed E-state index contributed by atoms with van der Waals surface area (Å²) in [4.78, 5) is 12.4. The van der Waals surface area contributed by atoms with Crippen LogP contribution in [0.3, 0.4) is 0 Å². The molecule has 0 aliphatic carbocycles. The van der Waals surface area contributed by atoms with Crippen LogP contribution in [0.4, 0.5) is 11.4 Å². The van der Waals surface area contributed by atoms with Crippen molar-refractivity contribution in [3.05, 3.63) is 90.5 Å². The molecule has 0 aliphatic heterocycles. The Bertz CT molecular complexity index is 1060. The summed E-state index contributed by atoms with van der Waals surface area (Å²) >= 11 is 1.51. The second-order valence-electron chi connectivity index (χ2n) is 6.36. The van der Waals surface area contributed by atoms with Crippen LogP contribution < -0.4 is 9.62 Å². The van der Waals surface area contributed by atoms with Gasteiger partial charge in [-0.3, -0.25) is 9.10 Å². The number of amides is 1. The van der Waals surface area contributed by atoms with E-state index in [0.717, 1.165) is 11.3 Å². The zero-order chi connectivity index (χ0) is 20.7. The number of hydrogen-bond donors (Lipinski definition) is 1. The third-order valence-corrected chi connectivity index (χ3v) is 7.03. The maximum atomic E-state index is 12.9. The van der Waals surface area contributed by atoms with Crippen LogP contribution >= 0.6 is 11.8 Å². The molecule has 3 rings (SSSR count). The Hall–Kier alpha value is -2.77. The molecule has 3 aromatic rings. The Morgan fingerprint density at radius 3 is 2.28 bits per heavy atom. The summed E-state index contributed by atoms with van der Waals surface area (Å²) in [6.07, 6.45) is 0. The van der Waals surface area contributed by atoms with Crippen LogP contribution in [-0.4, -0.2) is 27.1 Å². The van der Waals surface area contributed by atoms with Gasteiger partial charge >= 0.3 is 0 Å². The predicted molar refractivity (Wildman–Crippen MR) is 120 cm³/mol. The van der Waals surface area contributed by atoms with E-state index in [1.807, 2.05) is 36.4 Å². The highest BCUT2D eigenvalue weighted by Crippen LogP contribution is 2.24. The molecule has 1 amide bonds. The van der Waals surface area contributed by atoms with Crippen molar-refractivity contribution in [3.63, 3.8) is 0 Å². The molecular weight excluding hydrogens is 404 g/mol. The number of sulfonamides is 1. The third-order valence-electron chi connectivity index (χ3n) is 4.24. The highest BCUT2D eigenvalue weighted by Gasteiger charge is 2.21. The molecule has 0 fully saturated rings. The molecule has 0 unspecified atom stereocenters. The second kappa shape index (κ2) is 9.62. The summed E-state index contributed by atoms with van der Waals surface area (Å²) in [7, 11) is -2.22. The zero-order valence-corrected chi connectivity index (χ0v) is 17.6. The zero-order valence-electron chi connectivity index (χ0n) is 16.0. The third kappa shape index (κ3) is 5.62. The molecule has 0 saturated carbocycles. The van der Waals surface area contributed by atoms with Crippen LogP contribution in [0.15, 0.2) is 89.8 Å². The van der Waals surface area contributed by atoms with Crippen molar-refractivity contribution in [3.8, 4) is 0 Å². The van der Waals surface area contributed by atoms with E-state index in [-0.39, 0.29) is 16.6 Å². The van der Waals surface area contributed by atoms with Gasteiger partial charge in [0.1, 0.15) is 0 Å². The molecule has 1 N–H and O–H groups in total. The normalized spacial score (nSPS) is 11.1. The van der Waals surface area contributed by atoms with Gasteiger partial charge in [0.25, 0.3) is 10.0 Å². The van der Waals surface area contributed by atoms with Crippen LogP contribution in [0.1, 0.15) is 5.56 Å². The summed E-state index contributed by atoms with van der Waals surface area (Å²) in [5, 5.41) is 2.78. The fourth-order valence-electron chi connectivity index (χ4n) is 2.70. The molecule has 3 aromatic carbocycles.